The second kappa shape index (κ2) is 10.3. The molecule has 1 atom stereocenters. The lowest BCUT2D eigenvalue weighted by molar-refractivity contribution is -0.139. The molecule has 7 nitrogen and oxygen atoms in total. The monoisotopic (exact) mass is 491 g/mol. The fourth-order valence-corrected chi connectivity index (χ4v) is 4.36. The van der Waals surface area contributed by atoms with E-state index in [1.54, 1.807) is 24.3 Å². The minimum atomic E-state index is -0.908. The molecule has 1 N–H and O–H groups in total. The van der Waals surface area contributed by atoms with E-state index in [1.165, 1.54) is 31.1 Å². The number of hydrogen-bond donors (Lipinski definition) is 1. The predicted octanol–water partition coefficient (Wildman–Crippen LogP) is 5.15. The topological polar surface area (TPSA) is 93.1 Å². The Morgan fingerprint density at radius 1 is 1.18 bits per heavy atom. The van der Waals surface area contributed by atoms with Gasteiger partial charge < -0.3 is 19.5 Å². The molecule has 1 heterocycles. The van der Waals surface area contributed by atoms with Crippen molar-refractivity contribution < 1.29 is 29.0 Å². The molecular formula is C24H23Cl2NO6. The van der Waals surface area contributed by atoms with E-state index in [9.17, 15) is 19.5 Å². The molecule has 1 amide bonds. The molecule has 1 unspecified atom stereocenters. The smallest absolute Gasteiger partial charge is 0.308 e. The highest BCUT2D eigenvalue weighted by molar-refractivity contribution is 6.46. The van der Waals surface area contributed by atoms with Crippen molar-refractivity contribution in [3.8, 4) is 11.5 Å². The average Bonchev–Trinajstić information content (AvgIpc) is 3.01. The van der Waals surface area contributed by atoms with Crippen molar-refractivity contribution in [3.05, 3.63) is 63.1 Å². The van der Waals surface area contributed by atoms with Crippen molar-refractivity contribution in [2.45, 2.75) is 32.7 Å². The molecule has 0 spiro atoms. The number of nitrogens with zero attached hydrogens (tertiary/aromatic N) is 1. The lowest BCUT2D eigenvalue weighted by Gasteiger charge is -2.25. The minimum absolute atomic E-state index is 0.0876. The zero-order valence-corrected chi connectivity index (χ0v) is 19.9. The summed E-state index contributed by atoms with van der Waals surface area (Å²) in [7, 11) is 1.37. The standard InChI is InChI=1S/C24H23Cl2NO6/c1-4-5-9-27-20(14-7-6-8-16(10-14)33-13(2)28)19(22(30)24(27)31)21(29)17-11-15(25)12-18(26)23(17)32-3/h6-8,10-12,20,29H,4-5,9H2,1-3H3/b21-19+. The number of rotatable bonds is 7. The molecule has 2 aromatic carbocycles. The zero-order valence-electron chi connectivity index (χ0n) is 18.4. The van der Waals surface area contributed by atoms with Crippen LogP contribution in [0.4, 0.5) is 0 Å². The summed E-state index contributed by atoms with van der Waals surface area (Å²) < 4.78 is 10.5. The SMILES string of the molecule is CCCCN1C(=O)C(=O)/C(=C(/O)c2cc(Cl)cc(Cl)c2OC)C1c1cccc(OC(C)=O)c1. The molecule has 0 radical (unpaired) electrons. The minimum Gasteiger partial charge on any atom is -0.507 e. The van der Waals surface area contributed by atoms with Gasteiger partial charge in [-0.3, -0.25) is 14.4 Å². The van der Waals surface area contributed by atoms with Crippen LogP contribution in [0.2, 0.25) is 10.0 Å². The Morgan fingerprint density at radius 3 is 2.55 bits per heavy atom. The van der Waals surface area contributed by atoms with Gasteiger partial charge in [-0.15, -0.1) is 0 Å². The van der Waals surface area contributed by atoms with Crippen LogP contribution in [-0.2, 0) is 14.4 Å². The molecule has 3 rings (SSSR count). The summed E-state index contributed by atoms with van der Waals surface area (Å²) in [5.74, 6) is -2.18. The fraction of sp³-hybridized carbons (Fsp3) is 0.292. The van der Waals surface area contributed by atoms with Crippen LogP contribution in [0.15, 0.2) is 42.0 Å². The van der Waals surface area contributed by atoms with Crippen molar-refractivity contribution >= 4 is 46.6 Å². The largest absolute Gasteiger partial charge is 0.507 e. The number of aliphatic hydroxyl groups excluding tert-OH is 1. The number of ketones is 1. The number of likely N-dealkylation sites (tertiary alicyclic amines) is 1. The maximum absolute atomic E-state index is 13.1. The Labute approximate surface area is 201 Å². The summed E-state index contributed by atoms with van der Waals surface area (Å²) in [4.78, 5) is 38.9. The van der Waals surface area contributed by atoms with Crippen molar-refractivity contribution in [1.29, 1.82) is 0 Å². The number of Topliss-reactive ketones (excluding diaryl/α,β-unsaturated/α-hetero) is 1. The first-order valence-electron chi connectivity index (χ1n) is 10.3. The number of unbranched alkanes of at least 4 members (excludes halogenated alkanes) is 1. The van der Waals surface area contributed by atoms with Gasteiger partial charge in [0.1, 0.15) is 17.3 Å². The maximum Gasteiger partial charge on any atom is 0.308 e. The number of benzene rings is 2. The Balaban J connectivity index is 2.25. The first-order chi connectivity index (χ1) is 15.7. The van der Waals surface area contributed by atoms with E-state index >= 15 is 0 Å². The first kappa shape index (κ1) is 24.6. The average molecular weight is 492 g/mol. The summed E-state index contributed by atoms with van der Waals surface area (Å²) in [6.07, 6.45) is 1.44. The van der Waals surface area contributed by atoms with E-state index < -0.39 is 29.5 Å². The van der Waals surface area contributed by atoms with Crippen LogP contribution in [0.1, 0.15) is 43.9 Å². The van der Waals surface area contributed by atoms with E-state index in [4.69, 9.17) is 32.7 Å². The van der Waals surface area contributed by atoms with Gasteiger partial charge in [0.25, 0.3) is 11.7 Å². The normalized spacial score (nSPS) is 17.4. The van der Waals surface area contributed by atoms with Crippen LogP contribution in [0, 0.1) is 0 Å². The number of carbonyl (C=O) groups is 3. The van der Waals surface area contributed by atoms with Crippen LogP contribution in [-0.4, -0.2) is 41.3 Å². The number of amides is 1. The van der Waals surface area contributed by atoms with Crippen LogP contribution in [0.3, 0.4) is 0 Å². The van der Waals surface area contributed by atoms with Gasteiger partial charge in [0.05, 0.1) is 29.3 Å². The molecule has 174 valence electrons. The van der Waals surface area contributed by atoms with Crippen LogP contribution in [0.5, 0.6) is 11.5 Å². The number of esters is 1. The molecule has 33 heavy (non-hydrogen) atoms. The molecule has 0 bridgehead atoms. The second-order valence-corrected chi connectivity index (χ2v) is 8.32. The summed E-state index contributed by atoms with van der Waals surface area (Å²) in [6, 6.07) is 8.43. The van der Waals surface area contributed by atoms with Crippen molar-refractivity contribution in [1.82, 2.24) is 4.90 Å². The van der Waals surface area contributed by atoms with Gasteiger partial charge >= 0.3 is 5.97 Å². The third kappa shape index (κ3) is 4.99. The Hall–Kier alpha value is -3.03. The number of methoxy groups -OCH3 is 1. The number of carbonyl (C=O) groups excluding carboxylic acids is 3. The summed E-state index contributed by atoms with van der Waals surface area (Å²) in [5.41, 5.74) is 0.454. The Bertz CT molecular complexity index is 1140. The highest BCUT2D eigenvalue weighted by atomic mass is 35.5. The van der Waals surface area contributed by atoms with Crippen molar-refractivity contribution in [2.75, 3.05) is 13.7 Å². The van der Waals surface area contributed by atoms with Gasteiger partial charge in [-0.1, -0.05) is 48.7 Å². The quantitative estimate of drug-likeness (QED) is 0.189. The lowest BCUT2D eigenvalue weighted by atomic mass is 9.94. The molecule has 0 aliphatic carbocycles. The molecule has 2 aromatic rings. The van der Waals surface area contributed by atoms with Gasteiger partial charge in [0, 0.05) is 18.5 Å². The van der Waals surface area contributed by atoms with Crippen LogP contribution < -0.4 is 9.47 Å². The Kier molecular flexibility index (Phi) is 7.66. The van der Waals surface area contributed by atoms with Gasteiger partial charge in [-0.2, -0.15) is 0 Å². The second-order valence-electron chi connectivity index (χ2n) is 7.48. The van der Waals surface area contributed by atoms with E-state index in [-0.39, 0.29) is 32.7 Å². The van der Waals surface area contributed by atoms with Crippen LogP contribution >= 0.6 is 23.2 Å². The van der Waals surface area contributed by atoms with Gasteiger partial charge in [-0.05, 0) is 36.2 Å². The molecule has 1 aliphatic heterocycles. The van der Waals surface area contributed by atoms with E-state index in [0.29, 0.717) is 18.5 Å². The number of halogens is 2. The third-order valence-corrected chi connectivity index (χ3v) is 5.69. The molecular weight excluding hydrogens is 469 g/mol. The van der Waals surface area contributed by atoms with Gasteiger partial charge in [0.15, 0.2) is 0 Å². The van der Waals surface area contributed by atoms with Gasteiger partial charge in [-0.25, -0.2) is 0 Å². The molecule has 1 saturated heterocycles. The van der Waals surface area contributed by atoms with E-state index in [0.717, 1.165) is 6.42 Å². The highest BCUT2D eigenvalue weighted by Crippen LogP contribution is 2.43. The third-order valence-electron chi connectivity index (χ3n) is 5.20. The molecule has 0 aromatic heterocycles. The van der Waals surface area contributed by atoms with Crippen molar-refractivity contribution in [2.24, 2.45) is 0 Å². The molecule has 1 fully saturated rings. The molecule has 1 aliphatic rings. The predicted molar refractivity (Wildman–Crippen MR) is 125 cm³/mol. The molecule has 9 heteroatoms. The summed E-state index contributed by atoms with van der Waals surface area (Å²) in [6.45, 7) is 3.54. The maximum atomic E-state index is 13.1. The summed E-state index contributed by atoms with van der Waals surface area (Å²) in [5, 5.41) is 11.6. The van der Waals surface area contributed by atoms with Gasteiger partial charge in [0.2, 0.25) is 0 Å². The van der Waals surface area contributed by atoms with E-state index in [2.05, 4.69) is 0 Å². The number of hydrogen-bond acceptors (Lipinski definition) is 6. The summed E-state index contributed by atoms with van der Waals surface area (Å²) >= 11 is 12.3. The van der Waals surface area contributed by atoms with Crippen molar-refractivity contribution in [3.63, 3.8) is 0 Å². The van der Waals surface area contributed by atoms with E-state index in [1.807, 2.05) is 6.92 Å². The number of ether oxygens (including phenoxy) is 2. The van der Waals surface area contributed by atoms with Crippen LogP contribution in [0.25, 0.3) is 5.76 Å². The molecule has 0 saturated carbocycles. The zero-order chi connectivity index (χ0) is 24.3. The highest BCUT2D eigenvalue weighted by Gasteiger charge is 2.46. The first-order valence-corrected chi connectivity index (χ1v) is 11.0. The Morgan fingerprint density at radius 2 is 1.91 bits per heavy atom. The number of aliphatic hydroxyl groups is 1. The lowest BCUT2D eigenvalue weighted by Crippen LogP contribution is -2.30. The fourth-order valence-electron chi connectivity index (χ4n) is 3.79.